The van der Waals surface area contributed by atoms with Gasteiger partial charge >= 0.3 is 5.97 Å². The third kappa shape index (κ3) is 3.39. The first-order valence-corrected chi connectivity index (χ1v) is 9.42. The number of anilines is 1. The van der Waals surface area contributed by atoms with Crippen LogP contribution in [0, 0.1) is 5.92 Å². The zero-order valence-corrected chi connectivity index (χ0v) is 15.0. The number of carboxylic acids is 1. The van der Waals surface area contributed by atoms with Gasteiger partial charge in [-0.3, -0.25) is 4.79 Å². The molecule has 2 heterocycles. The SMILES string of the molecule is Nc1nc2oc3ccc(CCC4CCCCC4)cc3c(=O)c2cc1C(=O)O. The molecule has 0 radical (unpaired) electrons. The number of carbonyl (C=O) groups is 1. The van der Waals surface area contributed by atoms with Crippen LogP contribution in [0.15, 0.2) is 33.5 Å². The Hall–Kier alpha value is -2.89. The van der Waals surface area contributed by atoms with Gasteiger partial charge in [-0.15, -0.1) is 0 Å². The number of nitrogen functional groups attached to an aromatic ring is 1. The first-order chi connectivity index (χ1) is 13.0. The lowest BCUT2D eigenvalue weighted by molar-refractivity contribution is 0.0698. The molecule has 3 aromatic rings. The number of rotatable bonds is 4. The molecule has 0 bridgehead atoms. The van der Waals surface area contributed by atoms with E-state index in [0.717, 1.165) is 24.3 Å². The first-order valence-electron chi connectivity index (χ1n) is 9.42. The van der Waals surface area contributed by atoms with E-state index in [4.69, 9.17) is 10.2 Å². The summed E-state index contributed by atoms with van der Waals surface area (Å²) < 4.78 is 5.71. The summed E-state index contributed by atoms with van der Waals surface area (Å²) in [7, 11) is 0. The van der Waals surface area contributed by atoms with E-state index < -0.39 is 5.97 Å². The van der Waals surface area contributed by atoms with Crippen LogP contribution in [0.4, 0.5) is 5.82 Å². The summed E-state index contributed by atoms with van der Waals surface area (Å²) in [6, 6.07) is 6.88. The van der Waals surface area contributed by atoms with Crippen LogP contribution < -0.4 is 11.2 Å². The maximum Gasteiger partial charge on any atom is 0.339 e. The predicted molar refractivity (Wildman–Crippen MR) is 104 cm³/mol. The third-order valence-corrected chi connectivity index (χ3v) is 5.55. The summed E-state index contributed by atoms with van der Waals surface area (Å²) >= 11 is 0. The fraction of sp³-hybridized carbons (Fsp3) is 0.381. The predicted octanol–water partition coefficient (Wildman–Crippen LogP) is 4.13. The summed E-state index contributed by atoms with van der Waals surface area (Å²) in [4.78, 5) is 28.1. The largest absolute Gasteiger partial charge is 0.478 e. The molecule has 0 saturated heterocycles. The Balaban J connectivity index is 1.72. The van der Waals surface area contributed by atoms with Crippen LogP contribution in [-0.2, 0) is 6.42 Å². The molecule has 0 unspecified atom stereocenters. The van der Waals surface area contributed by atoms with Crippen LogP contribution in [0.1, 0.15) is 54.4 Å². The number of aryl methyl sites for hydroxylation is 1. The van der Waals surface area contributed by atoms with E-state index in [1.54, 1.807) is 6.07 Å². The Labute approximate surface area is 156 Å². The van der Waals surface area contributed by atoms with Crippen molar-refractivity contribution in [2.75, 3.05) is 5.73 Å². The van der Waals surface area contributed by atoms with E-state index in [0.29, 0.717) is 11.0 Å². The Morgan fingerprint density at radius 3 is 2.70 bits per heavy atom. The summed E-state index contributed by atoms with van der Waals surface area (Å²) in [5, 5.41) is 9.80. The number of benzene rings is 1. The molecule has 0 atom stereocenters. The number of fused-ring (bicyclic) bond motifs is 2. The van der Waals surface area contributed by atoms with Gasteiger partial charge in [0.15, 0.2) is 0 Å². The van der Waals surface area contributed by atoms with Gasteiger partial charge in [0.05, 0.1) is 10.8 Å². The molecule has 6 heteroatoms. The van der Waals surface area contributed by atoms with Gasteiger partial charge in [-0.2, -0.15) is 4.98 Å². The van der Waals surface area contributed by atoms with Crippen molar-refractivity contribution in [1.29, 1.82) is 0 Å². The Bertz CT molecular complexity index is 1080. The van der Waals surface area contributed by atoms with Gasteiger partial charge in [-0.25, -0.2) is 4.79 Å². The minimum Gasteiger partial charge on any atom is -0.478 e. The highest BCUT2D eigenvalue weighted by Gasteiger charge is 2.17. The molecule has 140 valence electrons. The fourth-order valence-electron chi connectivity index (χ4n) is 4.02. The van der Waals surface area contributed by atoms with E-state index in [1.165, 1.54) is 38.2 Å². The van der Waals surface area contributed by atoms with Crippen molar-refractivity contribution in [2.45, 2.75) is 44.9 Å². The standard InChI is InChI=1S/C21H22N2O4/c22-19-16(21(25)26)11-15-18(24)14-10-13(7-6-12-4-2-1-3-5-12)8-9-17(14)27-20(15)23-19/h8-12H,1-7H2,(H2,22,23)(H,25,26). The average Bonchev–Trinajstić information content (AvgIpc) is 2.67. The molecule has 1 aliphatic rings. The van der Waals surface area contributed by atoms with Gasteiger partial charge in [0.2, 0.25) is 11.1 Å². The maximum atomic E-state index is 12.9. The minimum atomic E-state index is -1.22. The van der Waals surface area contributed by atoms with Crippen LogP contribution in [-0.4, -0.2) is 16.1 Å². The monoisotopic (exact) mass is 366 g/mol. The second kappa shape index (κ2) is 7.02. The van der Waals surface area contributed by atoms with Crippen molar-refractivity contribution in [3.63, 3.8) is 0 Å². The lowest BCUT2D eigenvalue weighted by atomic mass is 9.85. The Morgan fingerprint density at radius 2 is 1.96 bits per heavy atom. The molecule has 3 N–H and O–H groups in total. The molecule has 1 saturated carbocycles. The van der Waals surface area contributed by atoms with Crippen LogP contribution in [0.3, 0.4) is 0 Å². The molecule has 1 aromatic carbocycles. The molecule has 1 fully saturated rings. The highest BCUT2D eigenvalue weighted by Crippen LogP contribution is 2.28. The highest BCUT2D eigenvalue weighted by molar-refractivity contribution is 5.98. The first kappa shape index (κ1) is 17.5. The number of hydrogen-bond donors (Lipinski definition) is 2. The molecule has 0 aliphatic heterocycles. The number of nitrogens with two attached hydrogens (primary N) is 1. The molecule has 1 aliphatic carbocycles. The van der Waals surface area contributed by atoms with Crippen molar-refractivity contribution in [2.24, 2.45) is 5.92 Å². The molecule has 0 amide bonds. The number of aromatic nitrogens is 1. The molecular weight excluding hydrogens is 344 g/mol. The van der Waals surface area contributed by atoms with Gasteiger partial charge in [0.1, 0.15) is 17.0 Å². The van der Waals surface area contributed by atoms with Crippen LogP contribution in [0.5, 0.6) is 0 Å². The van der Waals surface area contributed by atoms with Crippen LogP contribution >= 0.6 is 0 Å². The normalized spacial score (nSPS) is 15.4. The fourth-order valence-corrected chi connectivity index (χ4v) is 4.02. The van der Waals surface area contributed by atoms with Crippen molar-refractivity contribution in [1.82, 2.24) is 4.98 Å². The summed E-state index contributed by atoms with van der Waals surface area (Å²) in [6.45, 7) is 0. The zero-order chi connectivity index (χ0) is 19.0. The topological polar surface area (TPSA) is 106 Å². The second-order valence-electron chi connectivity index (χ2n) is 7.38. The van der Waals surface area contributed by atoms with Gasteiger partial charge in [0.25, 0.3) is 0 Å². The minimum absolute atomic E-state index is 0.0601. The lowest BCUT2D eigenvalue weighted by Gasteiger charge is -2.21. The zero-order valence-electron chi connectivity index (χ0n) is 15.0. The maximum absolute atomic E-state index is 12.9. The van der Waals surface area contributed by atoms with Gasteiger partial charge < -0.3 is 15.3 Å². The van der Waals surface area contributed by atoms with Gasteiger partial charge in [-0.05, 0) is 42.5 Å². The average molecular weight is 366 g/mol. The van der Waals surface area contributed by atoms with E-state index in [1.807, 2.05) is 12.1 Å². The van der Waals surface area contributed by atoms with Crippen LogP contribution in [0.25, 0.3) is 22.1 Å². The smallest absolute Gasteiger partial charge is 0.339 e. The number of hydrogen-bond acceptors (Lipinski definition) is 5. The number of nitrogens with zero attached hydrogens (tertiary/aromatic N) is 1. The van der Waals surface area contributed by atoms with Gasteiger partial charge in [0, 0.05) is 0 Å². The Morgan fingerprint density at radius 1 is 1.19 bits per heavy atom. The van der Waals surface area contributed by atoms with E-state index in [9.17, 15) is 14.7 Å². The molecule has 2 aromatic heterocycles. The highest BCUT2D eigenvalue weighted by atomic mass is 16.4. The molecule has 6 nitrogen and oxygen atoms in total. The van der Waals surface area contributed by atoms with Crippen molar-refractivity contribution >= 4 is 33.9 Å². The summed E-state index contributed by atoms with van der Waals surface area (Å²) in [5.74, 6) is -0.614. The second-order valence-corrected chi connectivity index (χ2v) is 7.38. The van der Waals surface area contributed by atoms with E-state index in [2.05, 4.69) is 4.98 Å². The number of carboxylic acid groups (broad SMARTS) is 1. The van der Waals surface area contributed by atoms with Crippen molar-refractivity contribution < 1.29 is 14.3 Å². The molecule has 0 spiro atoms. The Kier molecular flexibility index (Phi) is 4.56. The molecule has 27 heavy (non-hydrogen) atoms. The van der Waals surface area contributed by atoms with Crippen molar-refractivity contribution in [3.8, 4) is 0 Å². The van der Waals surface area contributed by atoms with Gasteiger partial charge in [-0.1, -0.05) is 38.2 Å². The molecular formula is C21H22N2O4. The van der Waals surface area contributed by atoms with E-state index >= 15 is 0 Å². The molecule has 4 rings (SSSR count). The van der Waals surface area contributed by atoms with Crippen LogP contribution in [0.2, 0.25) is 0 Å². The quantitative estimate of drug-likeness (QED) is 0.672. The van der Waals surface area contributed by atoms with E-state index in [-0.39, 0.29) is 27.9 Å². The number of aromatic carboxylic acids is 1. The number of pyridine rings is 1. The summed E-state index contributed by atoms with van der Waals surface area (Å²) in [5.41, 5.74) is 6.79. The lowest BCUT2D eigenvalue weighted by Crippen LogP contribution is -2.10. The summed E-state index contributed by atoms with van der Waals surface area (Å²) in [6.07, 6.45) is 8.64. The van der Waals surface area contributed by atoms with Crippen molar-refractivity contribution in [3.05, 3.63) is 45.6 Å². The third-order valence-electron chi connectivity index (χ3n) is 5.55.